The minimum atomic E-state index is -0.0667. The average molecular weight is 369 g/mol. The second kappa shape index (κ2) is 8.09. The summed E-state index contributed by atoms with van der Waals surface area (Å²) in [5.41, 5.74) is 6.38. The van der Waals surface area contributed by atoms with Crippen molar-refractivity contribution >= 4 is 16.8 Å². The summed E-state index contributed by atoms with van der Waals surface area (Å²) in [6.07, 6.45) is 5.42. The van der Waals surface area contributed by atoms with Crippen molar-refractivity contribution in [3.8, 4) is 11.1 Å². The Kier molecular flexibility index (Phi) is 5.20. The molecule has 0 spiro atoms. The number of hydrogen-bond donors (Lipinski definition) is 2. The van der Waals surface area contributed by atoms with E-state index in [1.807, 2.05) is 19.2 Å². The van der Waals surface area contributed by atoms with E-state index in [1.165, 1.54) is 22.1 Å². The number of carbonyl (C=O) groups is 1. The molecule has 4 nitrogen and oxygen atoms in total. The Morgan fingerprint density at radius 1 is 1.00 bits per heavy atom. The first-order valence-corrected chi connectivity index (χ1v) is 9.56. The molecular formula is C24H23N3O. The molecule has 140 valence electrons. The van der Waals surface area contributed by atoms with Crippen molar-refractivity contribution < 1.29 is 4.79 Å². The van der Waals surface area contributed by atoms with Crippen LogP contribution in [0.3, 0.4) is 0 Å². The minimum absolute atomic E-state index is 0.0667. The van der Waals surface area contributed by atoms with Gasteiger partial charge in [-0.15, -0.1) is 0 Å². The van der Waals surface area contributed by atoms with Gasteiger partial charge in [0.15, 0.2) is 0 Å². The van der Waals surface area contributed by atoms with Gasteiger partial charge in [0.1, 0.15) is 0 Å². The quantitative estimate of drug-likeness (QED) is 0.475. The number of carbonyl (C=O) groups excluding carboxylic acids is 1. The van der Waals surface area contributed by atoms with Crippen LogP contribution < -0.4 is 5.32 Å². The highest BCUT2D eigenvalue weighted by molar-refractivity contribution is 5.93. The van der Waals surface area contributed by atoms with E-state index in [0.717, 1.165) is 24.1 Å². The number of nitrogens with one attached hydrogen (secondary N) is 2. The molecule has 0 fully saturated rings. The summed E-state index contributed by atoms with van der Waals surface area (Å²) in [6, 6.07) is 20.9. The average Bonchev–Trinajstić information content (AvgIpc) is 3.20. The van der Waals surface area contributed by atoms with Gasteiger partial charge in [0, 0.05) is 30.1 Å². The van der Waals surface area contributed by atoms with Crippen LogP contribution in [0.1, 0.15) is 28.0 Å². The number of hydrogen-bond acceptors (Lipinski definition) is 2. The van der Waals surface area contributed by atoms with Crippen LogP contribution in [-0.2, 0) is 6.42 Å². The lowest BCUT2D eigenvalue weighted by Gasteiger charge is -2.07. The second-order valence-corrected chi connectivity index (χ2v) is 7.02. The summed E-state index contributed by atoms with van der Waals surface area (Å²) >= 11 is 0. The van der Waals surface area contributed by atoms with E-state index < -0.39 is 0 Å². The molecule has 4 heteroatoms. The maximum atomic E-state index is 12.1. The molecule has 0 saturated carbocycles. The van der Waals surface area contributed by atoms with Crippen LogP contribution in [0, 0.1) is 6.92 Å². The number of pyridine rings is 1. The minimum Gasteiger partial charge on any atom is -0.361 e. The number of benzene rings is 2. The van der Waals surface area contributed by atoms with Gasteiger partial charge in [-0.2, -0.15) is 0 Å². The first kappa shape index (κ1) is 18.0. The zero-order valence-corrected chi connectivity index (χ0v) is 15.9. The van der Waals surface area contributed by atoms with Crippen LogP contribution in [0.4, 0.5) is 0 Å². The summed E-state index contributed by atoms with van der Waals surface area (Å²) in [4.78, 5) is 19.5. The van der Waals surface area contributed by atoms with Crippen LogP contribution >= 0.6 is 0 Å². The van der Waals surface area contributed by atoms with Gasteiger partial charge in [0.2, 0.25) is 0 Å². The molecule has 0 aliphatic heterocycles. The van der Waals surface area contributed by atoms with Crippen molar-refractivity contribution in [3.63, 3.8) is 0 Å². The topological polar surface area (TPSA) is 57.8 Å². The Hall–Kier alpha value is -3.40. The lowest BCUT2D eigenvalue weighted by molar-refractivity contribution is 0.0953. The molecular weight excluding hydrogens is 346 g/mol. The smallest absolute Gasteiger partial charge is 0.252 e. The third kappa shape index (κ3) is 4.12. The zero-order chi connectivity index (χ0) is 19.3. The number of rotatable bonds is 6. The molecule has 0 aliphatic carbocycles. The molecule has 0 aliphatic rings. The number of fused-ring (bicyclic) bond motifs is 1. The predicted octanol–water partition coefficient (Wildman–Crippen LogP) is 4.90. The maximum absolute atomic E-state index is 12.1. The Morgan fingerprint density at radius 3 is 2.61 bits per heavy atom. The van der Waals surface area contributed by atoms with Crippen LogP contribution in [0.2, 0.25) is 0 Å². The molecule has 28 heavy (non-hydrogen) atoms. The molecule has 4 aromatic rings. The van der Waals surface area contributed by atoms with Gasteiger partial charge in [-0.25, -0.2) is 0 Å². The largest absolute Gasteiger partial charge is 0.361 e. The fourth-order valence-electron chi connectivity index (χ4n) is 3.30. The van der Waals surface area contributed by atoms with Gasteiger partial charge in [0.25, 0.3) is 5.91 Å². The first-order valence-electron chi connectivity index (χ1n) is 9.56. The Bertz CT molecular complexity index is 1080. The van der Waals surface area contributed by atoms with Gasteiger partial charge in [-0.3, -0.25) is 9.78 Å². The highest BCUT2D eigenvalue weighted by atomic mass is 16.1. The van der Waals surface area contributed by atoms with Crippen LogP contribution in [-0.4, -0.2) is 22.4 Å². The number of H-pyrrole nitrogens is 1. The van der Waals surface area contributed by atoms with Crippen LogP contribution in [0.25, 0.3) is 22.0 Å². The van der Waals surface area contributed by atoms with E-state index in [4.69, 9.17) is 0 Å². The van der Waals surface area contributed by atoms with Crippen molar-refractivity contribution in [1.82, 2.24) is 15.3 Å². The van der Waals surface area contributed by atoms with Crippen molar-refractivity contribution in [2.45, 2.75) is 19.8 Å². The summed E-state index contributed by atoms with van der Waals surface area (Å²) in [5, 5.41) is 4.18. The van der Waals surface area contributed by atoms with E-state index in [-0.39, 0.29) is 5.91 Å². The number of nitrogens with zero attached hydrogens (tertiary/aromatic N) is 1. The summed E-state index contributed by atoms with van der Waals surface area (Å²) < 4.78 is 0. The number of aromatic amines is 1. The van der Waals surface area contributed by atoms with Crippen molar-refractivity contribution in [3.05, 3.63) is 89.9 Å². The van der Waals surface area contributed by atoms with Crippen molar-refractivity contribution in [2.24, 2.45) is 0 Å². The Morgan fingerprint density at radius 2 is 1.82 bits per heavy atom. The molecule has 0 bridgehead atoms. The van der Waals surface area contributed by atoms with E-state index >= 15 is 0 Å². The van der Waals surface area contributed by atoms with E-state index in [2.05, 4.69) is 63.8 Å². The zero-order valence-electron chi connectivity index (χ0n) is 15.9. The molecule has 1 amide bonds. The van der Waals surface area contributed by atoms with Crippen LogP contribution in [0.15, 0.2) is 73.1 Å². The molecule has 2 heterocycles. The van der Waals surface area contributed by atoms with Crippen molar-refractivity contribution in [2.75, 3.05) is 6.54 Å². The molecule has 2 aromatic carbocycles. The molecule has 2 aromatic heterocycles. The van der Waals surface area contributed by atoms with Gasteiger partial charge in [-0.05, 0) is 72.2 Å². The number of aryl methyl sites for hydroxylation is 2. The standard InChI is InChI=1S/C24H23N3O/c1-17-4-7-22(16-27-17)24(28)26-13-2-3-18-5-8-19(9-6-18)20-10-11-23-21(15-20)12-14-25-23/h4-12,14-16,25H,2-3,13H2,1H3,(H,26,28). The van der Waals surface area contributed by atoms with Gasteiger partial charge in [-0.1, -0.05) is 30.3 Å². The molecule has 0 unspecified atom stereocenters. The van der Waals surface area contributed by atoms with Crippen LogP contribution in [0.5, 0.6) is 0 Å². The predicted molar refractivity (Wildman–Crippen MR) is 113 cm³/mol. The van der Waals surface area contributed by atoms with E-state index in [0.29, 0.717) is 12.1 Å². The fourth-order valence-corrected chi connectivity index (χ4v) is 3.30. The highest BCUT2D eigenvalue weighted by Gasteiger charge is 2.05. The molecule has 0 radical (unpaired) electrons. The monoisotopic (exact) mass is 369 g/mol. The third-order valence-electron chi connectivity index (χ3n) is 4.94. The van der Waals surface area contributed by atoms with Gasteiger partial charge in [0.05, 0.1) is 5.56 Å². The first-order chi connectivity index (χ1) is 13.7. The molecule has 0 saturated heterocycles. The number of aromatic nitrogens is 2. The Labute approximate surface area is 164 Å². The third-order valence-corrected chi connectivity index (χ3v) is 4.94. The van der Waals surface area contributed by atoms with E-state index in [9.17, 15) is 4.79 Å². The number of amides is 1. The Balaban J connectivity index is 1.29. The molecule has 0 atom stereocenters. The molecule has 2 N–H and O–H groups in total. The normalized spacial score (nSPS) is 10.9. The van der Waals surface area contributed by atoms with E-state index in [1.54, 1.807) is 12.3 Å². The fraction of sp³-hybridized carbons (Fsp3) is 0.167. The second-order valence-electron chi connectivity index (χ2n) is 7.02. The van der Waals surface area contributed by atoms with Crippen molar-refractivity contribution in [1.29, 1.82) is 0 Å². The maximum Gasteiger partial charge on any atom is 0.252 e. The summed E-state index contributed by atoms with van der Waals surface area (Å²) in [6.45, 7) is 2.56. The SMILES string of the molecule is Cc1ccc(C(=O)NCCCc2ccc(-c3ccc4[nH]ccc4c3)cc2)cn1. The lowest BCUT2D eigenvalue weighted by Crippen LogP contribution is -2.24. The highest BCUT2D eigenvalue weighted by Crippen LogP contribution is 2.24. The lowest BCUT2D eigenvalue weighted by atomic mass is 10.0. The summed E-state index contributed by atoms with van der Waals surface area (Å²) in [5.74, 6) is -0.0667. The molecule has 4 rings (SSSR count). The van der Waals surface area contributed by atoms with Gasteiger partial charge >= 0.3 is 0 Å². The summed E-state index contributed by atoms with van der Waals surface area (Å²) in [7, 11) is 0. The van der Waals surface area contributed by atoms with Gasteiger partial charge < -0.3 is 10.3 Å².